The highest BCUT2D eigenvalue weighted by molar-refractivity contribution is 5.42. The van der Waals surface area contributed by atoms with Gasteiger partial charge >= 0.3 is 0 Å². The molecule has 3 nitrogen and oxygen atoms in total. The number of aliphatic hydroxyl groups excluding tert-OH is 1. The van der Waals surface area contributed by atoms with Crippen molar-refractivity contribution in [1.82, 2.24) is 4.90 Å². The minimum absolute atomic E-state index is 0.313. The summed E-state index contributed by atoms with van der Waals surface area (Å²) in [4.78, 5) is 2.37. The standard InChI is InChI=1S/C16H25NO2/c1-12-8-13(2)16(14(3)9-12)19-7-6-17-5-4-15(10-17)11-18/h8-9,15,18H,4-7,10-11H2,1-3H3. The first-order valence-corrected chi connectivity index (χ1v) is 7.14. The summed E-state index contributed by atoms with van der Waals surface area (Å²) in [6.07, 6.45) is 1.11. The molecule has 0 amide bonds. The molecule has 1 fully saturated rings. The Kier molecular flexibility index (Phi) is 4.83. The van der Waals surface area contributed by atoms with Crippen molar-refractivity contribution < 1.29 is 9.84 Å². The number of ether oxygens (including phenoxy) is 1. The molecule has 1 aliphatic heterocycles. The molecule has 1 saturated heterocycles. The van der Waals surface area contributed by atoms with E-state index in [4.69, 9.17) is 9.84 Å². The van der Waals surface area contributed by atoms with Crippen LogP contribution in [0.4, 0.5) is 0 Å². The van der Waals surface area contributed by atoms with Gasteiger partial charge in [-0.25, -0.2) is 0 Å². The lowest BCUT2D eigenvalue weighted by Gasteiger charge is -2.18. The first kappa shape index (κ1) is 14.4. The van der Waals surface area contributed by atoms with Gasteiger partial charge in [-0.3, -0.25) is 4.90 Å². The van der Waals surface area contributed by atoms with E-state index in [0.29, 0.717) is 12.5 Å². The third-order valence-electron chi connectivity index (χ3n) is 3.89. The van der Waals surface area contributed by atoms with Crippen molar-refractivity contribution in [2.24, 2.45) is 5.92 Å². The predicted octanol–water partition coefficient (Wildman–Crippen LogP) is 2.30. The maximum absolute atomic E-state index is 9.13. The Morgan fingerprint density at radius 1 is 1.26 bits per heavy atom. The van der Waals surface area contributed by atoms with Crippen molar-refractivity contribution in [1.29, 1.82) is 0 Å². The summed E-state index contributed by atoms with van der Waals surface area (Å²) >= 11 is 0. The Morgan fingerprint density at radius 3 is 2.53 bits per heavy atom. The van der Waals surface area contributed by atoms with E-state index in [1.54, 1.807) is 0 Å². The van der Waals surface area contributed by atoms with E-state index in [9.17, 15) is 0 Å². The number of hydrogen-bond acceptors (Lipinski definition) is 3. The van der Waals surface area contributed by atoms with Gasteiger partial charge in [-0.1, -0.05) is 17.7 Å². The first-order valence-electron chi connectivity index (χ1n) is 7.14. The topological polar surface area (TPSA) is 32.7 Å². The lowest BCUT2D eigenvalue weighted by Crippen LogP contribution is -2.26. The van der Waals surface area contributed by atoms with Crippen LogP contribution in [0.2, 0.25) is 0 Å². The quantitative estimate of drug-likeness (QED) is 0.885. The van der Waals surface area contributed by atoms with E-state index in [2.05, 4.69) is 37.8 Å². The highest BCUT2D eigenvalue weighted by Crippen LogP contribution is 2.24. The lowest BCUT2D eigenvalue weighted by molar-refractivity contribution is 0.204. The third kappa shape index (κ3) is 3.71. The van der Waals surface area contributed by atoms with E-state index >= 15 is 0 Å². The SMILES string of the molecule is Cc1cc(C)c(OCCN2CCC(CO)C2)c(C)c1. The maximum atomic E-state index is 9.13. The number of aliphatic hydroxyl groups is 1. The zero-order valence-electron chi connectivity index (χ0n) is 12.3. The Hall–Kier alpha value is -1.06. The first-order chi connectivity index (χ1) is 9.10. The highest BCUT2D eigenvalue weighted by atomic mass is 16.5. The number of nitrogens with zero attached hydrogens (tertiary/aromatic N) is 1. The predicted molar refractivity (Wildman–Crippen MR) is 77.8 cm³/mol. The fraction of sp³-hybridized carbons (Fsp3) is 0.625. The largest absolute Gasteiger partial charge is 0.492 e. The van der Waals surface area contributed by atoms with Crippen LogP contribution in [0.25, 0.3) is 0 Å². The molecule has 0 aromatic heterocycles. The van der Waals surface area contributed by atoms with Crippen molar-refractivity contribution in [2.75, 3.05) is 32.8 Å². The zero-order chi connectivity index (χ0) is 13.8. The van der Waals surface area contributed by atoms with Gasteiger partial charge in [0.05, 0.1) is 0 Å². The Labute approximate surface area is 116 Å². The summed E-state index contributed by atoms with van der Waals surface area (Å²) in [5.74, 6) is 1.49. The van der Waals surface area contributed by atoms with Crippen LogP contribution in [-0.4, -0.2) is 42.9 Å². The molecule has 1 heterocycles. The van der Waals surface area contributed by atoms with E-state index in [0.717, 1.165) is 38.4 Å². The molecule has 106 valence electrons. The molecule has 0 saturated carbocycles. The van der Waals surface area contributed by atoms with Gasteiger partial charge in [-0.15, -0.1) is 0 Å². The molecule has 0 radical (unpaired) electrons. The molecule has 0 spiro atoms. The van der Waals surface area contributed by atoms with Gasteiger partial charge in [-0.05, 0) is 50.8 Å². The van der Waals surface area contributed by atoms with Gasteiger partial charge in [0.15, 0.2) is 0 Å². The number of aryl methyl sites for hydroxylation is 3. The molecule has 0 aliphatic carbocycles. The van der Waals surface area contributed by atoms with Gasteiger partial charge in [0.2, 0.25) is 0 Å². The monoisotopic (exact) mass is 263 g/mol. The second-order valence-electron chi connectivity index (χ2n) is 5.71. The molecular weight excluding hydrogens is 238 g/mol. The molecule has 2 rings (SSSR count). The van der Waals surface area contributed by atoms with Crippen LogP contribution in [0, 0.1) is 26.7 Å². The third-order valence-corrected chi connectivity index (χ3v) is 3.89. The summed E-state index contributed by atoms with van der Waals surface area (Å²) in [6.45, 7) is 10.4. The minimum atomic E-state index is 0.313. The number of likely N-dealkylation sites (tertiary alicyclic amines) is 1. The molecule has 1 N–H and O–H groups in total. The molecule has 1 aromatic carbocycles. The van der Waals surface area contributed by atoms with Crippen molar-refractivity contribution in [2.45, 2.75) is 27.2 Å². The van der Waals surface area contributed by atoms with E-state index in [1.165, 1.54) is 16.7 Å². The van der Waals surface area contributed by atoms with Crippen LogP contribution in [0.5, 0.6) is 5.75 Å². The molecule has 1 aromatic rings. The average molecular weight is 263 g/mol. The lowest BCUT2D eigenvalue weighted by atomic mass is 10.1. The van der Waals surface area contributed by atoms with Crippen molar-refractivity contribution >= 4 is 0 Å². The smallest absolute Gasteiger partial charge is 0.125 e. The fourth-order valence-corrected chi connectivity index (χ4v) is 2.94. The molecule has 1 aliphatic rings. The maximum Gasteiger partial charge on any atom is 0.125 e. The van der Waals surface area contributed by atoms with Crippen LogP contribution >= 0.6 is 0 Å². The van der Waals surface area contributed by atoms with Crippen LogP contribution in [0.1, 0.15) is 23.1 Å². The summed E-state index contributed by atoms with van der Waals surface area (Å²) < 4.78 is 5.95. The van der Waals surface area contributed by atoms with Gasteiger partial charge in [0.1, 0.15) is 12.4 Å². The van der Waals surface area contributed by atoms with E-state index in [-0.39, 0.29) is 0 Å². The molecular formula is C16H25NO2. The fourth-order valence-electron chi connectivity index (χ4n) is 2.94. The molecule has 1 unspecified atom stereocenters. The normalized spacial score (nSPS) is 19.9. The van der Waals surface area contributed by atoms with Gasteiger partial charge < -0.3 is 9.84 Å². The van der Waals surface area contributed by atoms with Crippen LogP contribution in [0.15, 0.2) is 12.1 Å². The molecule has 19 heavy (non-hydrogen) atoms. The summed E-state index contributed by atoms with van der Waals surface area (Å²) in [5.41, 5.74) is 3.71. The second-order valence-corrected chi connectivity index (χ2v) is 5.71. The van der Waals surface area contributed by atoms with E-state index < -0.39 is 0 Å². The summed E-state index contributed by atoms with van der Waals surface area (Å²) in [7, 11) is 0. The Bertz CT molecular complexity index is 408. The summed E-state index contributed by atoms with van der Waals surface area (Å²) in [5, 5.41) is 9.13. The summed E-state index contributed by atoms with van der Waals surface area (Å²) in [6, 6.07) is 4.33. The number of hydrogen-bond donors (Lipinski definition) is 1. The number of rotatable bonds is 5. The molecule has 1 atom stereocenters. The average Bonchev–Trinajstić information content (AvgIpc) is 2.80. The minimum Gasteiger partial charge on any atom is -0.492 e. The van der Waals surface area contributed by atoms with Crippen LogP contribution < -0.4 is 4.74 Å². The Morgan fingerprint density at radius 2 is 1.95 bits per heavy atom. The van der Waals surface area contributed by atoms with Crippen molar-refractivity contribution in [3.05, 3.63) is 28.8 Å². The van der Waals surface area contributed by atoms with Crippen molar-refractivity contribution in [3.63, 3.8) is 0 Å². The zero-order valence-corrected chi connectivity index (χ0v) is 12.3. The van der Waals surface area contributed by atoms with Gasteiger partial charge in [0, 0.05) is 19.7 Å². The van der Waals surface area contributed by atoms with E-state index in [1.807, 2.05) is 0 Å². The molecule has 0 bridgehead atoms. The van der Waals surface area contributed by atoms with Gasteiger partial charge in [0.25, 0.3) is 0 Å². The van der Waals surface area contributed by atoms with Crippen molar-refractivity contribution in [3.8, 4) is 5.75 Å². The molecule has 3 heteroatoms. The number of benzene rings is 1. The Balaban J connectivity index is 1.83. The van der Waals surface area contributed by atoms with Crippen LogP contribution in [-0.2, 0) is 0 Å². The second kappa shape index (κ2) is 6.40. The highest BCUT2D eigenvalue weighted by Gasteiger charge is 2.21. The van der Waals surface area contributed by atoms with Gasteiger partial charge in [-0.2, -0.15) is 0 Å². The van der Waals surface area contributed by atoms with Crippen LogP contribution in [0.3, 0.4) is 0 Å².